The van der Waals surface area contributed by atoms with Crippen molar-refractivity contribution in [1.29, 1.82) is 5.26 Å². The molecule has 1 aromatic heterocycles. The summed E-state index contributed by atoms with van der Waals surface area (Å²) in [6.07, 6.45) is 1.21. The van der Waals surface area contributed by atoms with Crippen LogP contribution in [0.25, 0.3) is 0 Å². The highest BCUT2D eigenvalue weighted by atomic mass is 16.2. The second-order valence-corrected chi connectivity index (χ2v) is 7.07. The summed E-state index contributed by atoms with van der Waals surface area (Å²) in [7, 11) is 2.85. The summed E-state index contributed by atoms with van der Waals surface area (Å²) in [5, 5.41) is 12.4. The number of nitriles is 1. The van der Waals surface area contributed by atoms with E-state index in [9.17, 15) is 19.6 Å². The topological polar surface area (TPSA) is 100 Å². The van der Waals surface area contributed by atoms with Crippen molar-refractivity contribution in [2.45, 2.75) is 12.8 Å². The van der Waals surface area contributed by atoms with Gasteiger partial charge in [-0.1, -0.05) is 30.3 Å². The molecule has 8 heteroatoms. The van der Waals surface area contributed by atoms with E-state index >= 15 is 0 Å². The van der Waals surface area contributed by atoms with Crippen molar-refractivity contribution >= 4 is 11.7 Å². The van der Waals surface area contributed by atoms with Gasteiger partial charge in [-0.05, 0) is 12.0 Å². The molecule has 0 radical (unpaired) electrons. The minimum Gasteiger partial charge on any atom is -0.370 e. The predicted octanol–water partition coefficient (Wildman–Crippen LogP) is 0.459. The van der Waals surface area contributed by atoms with Crippen LogP contribution in [0, 0.1) is 17.2 Å². The third-order valence-electron chi connectivity index (χ3n) is 5.14. The molecule has 1 amide bonds. The van der Waals surface area contributed by atoms with Crippen LogP contribution in [0.5, 0.6) is 0 Å². The van der Waals surface area contributed by atoms with E-state index in [1.165, 1.54) is 24.2 Å². The maximum absolute atomic E-state index is 12.3. The van der Waals surface area contributed by atoms with Gasteiger partial charge in [-0.3, -0.25) is 18.7 Å². The van der Waals surface area contributed by atoms with Gasteiger partial charge in [0.25, 0.3) is 5.56 Å². The second kappa shape index (κ2) is 8.13. The summed E-state index contributed by atoms with van der Waals surface area (Å²) in [6.45, 7) is 1.68. The summed E-state index contributed by atoms with van der Waals surface area (Å²) in [5.74, 6) is 0.348. The van der Waals surface area contributed by atoms with Gasteiger partial charge in [-0.25, -0.2) is 4.79 Å². The molecule has 1 aliphatic heterocycles. The van der Waals surface area contributed by atoms with Gasteiger partial charge in [0.2, 0.25) is 5.91 Å². The Morgan fingerprint density at radius 2 is 1.86 bits per heavy atom. The first-order chi connectivity index (χ1) is 13.4. The number of nitrogens with one attached hydrogen (secondary N) is 1. The Morgan fingerprint density at radius 3 is 2.54 bits per heavy atom. The standard InChI is InChI=1S/C20H23N5O3/c1-23-18(16(11-21)19(27)24(2)20(23)28)22-12-15-10-17(26)25(13-15)9-8-14-6-4-3-5-7-14/h3-7,15,22H,8-10,12-13H2,1-2H3. The number of benzene rings is 1. The summed E-state index contributed by atoms with van der Waals surface area (Å²) >= 11 is 0. The van der Waals surface area contributed by atoms with Gasteiger partial charge < -0.3 is 10.2 Å². The first kappa shape index (κ1) is 19.4. The molecule has 1 aromatic carbocycles. The van der Waals surface area contributed by atoms with Crippen LogP contribution in [0.4, 0.5) is 5.82 Å². The maximum atomic E-state index is 12.3. The number of hydrogen-bond acceptors (Lipinski definition) is 5. The van der Waals surface area contributed by atoms with Gasteiger partial charge >= 0.3 is 5.69 Å². The molecule has 0 bridgehead atoms. The van der Waals surface area contributed by atoms with E-state index in [1.807, 2.05) is 41.3 Å². The van der Waals surface area contributed by atoms with Crippen molar-refractivity contribution in [2.75, 3.05) is 25.0 Å². The van der Waals surface area contributed by atoms with Crippen molar-refractivity contribution in [2.24, 2.45) is 20.0 Å². The van der Waals surface area contributed by atoms with Crippen molar-refractivity contribution in [3.05, 3.63) is 62.3 Å². The van der Waals surface area contributed by atoms with Crippen molar-refractivity contribution < 1.29 is 4.79 Å². The largest absolute Gasteiger partial charge is 0.370 e. The highest BCUT2D eigenvalue weighted by Gasteiger charge is 2.29. The Balaban J connectivity index is 1.65. The van der Waals surface area contributed by atoms with E-state index in [1.54, 1.807) is 0 Å². The summed E-state index contributed by atoms with van der Waals surface area (Å²) < 4.78 is 2.16. The SMILES string of the molecule is Cn1c(NCC2CC(=O)N(CCc3ccccc3)C2)c(C#N)c(=O)n(C)c1=O. The molecular weight excluding hydrogens is 358 g/mol. The van der Waals surface area contributed by atoms with E-state index < -0.39 is 11.2 Å². The monoisotopic (exact) mass is 381 g/mol. The van der Waals surface area contributed by atoms with Gasteiger partial charge in [0.05, 0.1) is 0 Å². The zero-order valence-corrected chi connectivity index (χ0v) is 16.0. The molecule has 1 aliphatic rings. The summed E-state index contributed by atoms with van der Waals surface area (Å²) in [5.41, 5.74) is -0.0425. The number of nitrogens with zero attached hydrogens (tertiary/aromatic N) is 4. The number of hydrogen-bond donors (Lipinski definition) is 1. The normalized spacial score (nSPS) is 16.2. The molecule has 8 nitrogen and oxygen atoms in total. The number of carbonyl (C=O) groups excluding carboxylic acids is 1. The van der Waals surface area contributed by atoms with Crippen LogP contribution in [-0.4, -0.2) is 39.6 Å². The fourth-order valence-electron chi connectivity index (χ4n) is 3.51. The van der Waals surface area contributed by atoms with Crippen LogP contribution in [0.15, 0.2) is 39.9 Å². The fraction of sp³-hybridized carbons (Fsp3) is 0.400. The second-order valence-electron chi connectivity index (χ2n) is 7.07. The lowest BCUT2D eigenvalue weighted by molar-refractivity contribution is -0.127. The van der Waals surface area contributed by atoms with E-state index in [-0.39, 0.29) is 23.2 Å². The molecule has 2 aromatic rings. The molecule has 2 heterocycles. The van der Waals surface area contributed by atoms with Gasteiger partial charge in [-0.2, -0.15) is 5.26 Å². The number of rotatable bonds is 6. The predicted molar refractivity (Wildman–Crippen MR) is 105 cm³/mol. The molecule has 0 spiro atoms. The highest BCUT2D eigenvalue weighted by molar-refractivity contribution is 5.78. The number of anilines is 1. The van der Waals surface area contributed by atoms with Crippen LogP contribution in [-0.2, 0) is 25.3 Å². The fourth-order valence-corrected chi connectivity index (χ4v) is 3.51. The smallest absolute Gasteiger partial charge is 0.332 e. The Bertz CT molecular complexity index is 1030. The van der Waals surface area contributed by atoms with Crippen molar-refractivity contribution in [3.8, 4) is 6.07 Å². The van der Waals surface area contributed by atoms with Crippen LogP contribution in [0.1, 0.15) is 17.5 Å². The molecule has 28 heavy (non-hydrogen) atoms. The molecule has 3 rings (SSSR count). The average molecular weight is 381 g/mol. The number of aromatic nitrogens is 2. The van der Waals surface area contributed by atoms with Gasteiger partial charge in [-0.15, -0.1) is 0 Å². The van der Waals surface area contributed by atoms with Crippen LogP contribution < -0.4 is 16.6 Å². The first-order valence-electron chi connectivity index (χ1n) is 9.18. The number of likely N-dealkylation sites (tertiary alicyclic amines) is 1. The molecule has 1 atom stereocenters. The van der Waals surface area contributed by atoms with Gasteiger partial charge in [0.1, 0.15) is 11.9 Å². The Labute approximate surface area is 162 Å². The van der Waals surface area contributed by atoms with Crippen molar-refractivity contribution in [1.82, 2.24) is 14.0 Å². The molecule has 1 unspecified atom stereocenters. The lowest BCUT2D eigenvalue weighted by atomic mass is 10.1. The Hall–Kier alpha value is -3.34. The molecule has 0 saturated carbocycles. The lowest BCUT2D eigenvalue weighted by Crippen LogP contribution is -2.40. The number of amides is 1. The Morgan fingerprint density at radius 1 is 1.14 bits per heavy atom. The third kappa shape index (κ3) is 3.83. The first-order valence-corrected chi connectivity index (χ1v) is 9.18. The van der Waals surface area contributed by atoms with E-state index in [0.717, 1.165) is 11.0 Å². The quantitative estimate of drug-likeness (QED) is 0.784. The molecule has 1 N–H and O–H groups in total. The van der Waals surface area contributed by atoms with Crippen LogP contribution in [0.3, 0.4) is 0 Å². The molecular formula is C20H23N5O3. The molecule has 146 valence electrons. The summed E-state index contributed by atoms with van der Waals surface area (Å²) in [4.78, 5) is 38.4. The molecule has 1 fully saturated rings. The lowest BCUT2D eigenvalue weighted by Gasteiger charge is -2.18. The minimum absolute atomic E-state index is 0.0500. The van der Waals surface area contributed by atoms with E-state index in [0.29, 0.717) is 26.1 Å². The number of carbonyl (C=O) groups is 1. The maximum Gasteiger partial charge on any atom is 0.332 e. The van der Waals surface area contributed by atoms with E-state index in [2.05, 4.69) is 5.32 Å². The molecule has 0 aliphatic carbocycles. The van der Waals surface area contributed by atoms with Gasteiger partial charge in [0.15, 0.2) is 5.56 Å². The Kier molecular flexibility index (Phi) is 5.64. The third-order valence-corrected chi connectivity index (χ3v) is 5.14. The van der Waals surface area contributed by atoms with Crippen LogP contribution >= 0.6 is 0 Å². The molecule has 1 saturated heterocycles. The zero-order chi connectivity index (χ0) is 20.3. The highest BCUT2D eigenvalue weighted by Crippen LogP contribution is 2.19. The van der Waals surface area contributed by atoms with Crippen LogP contribution in [0.2, 0.25) is 0 Å². The van der Waals surface area contributed by atoms with Gasteiger partial charge in [0, 0.05) is 46.1 Å². The van der Waals surface area contributed by atoms with Crippen molar-refractivity contribution in [3.63, 3.8) is 0 Å². The average Bonchev–Trinajstić information content (AvgIpc) is 3.06. The summed E-state index contributed by atoms with van der Waals surface area (Å²) in [6, 6.07) is 11.9. The minimum atomic E-state index is -0.625. The zero-order valence-electron chi connectivity index (χ0n) is 16.0. The van der Waals surface area contributed by atoms with E-state index in [4.69, 9.17) is 0 Å².